The van der Waals surface area contributed by atoms with Crippen LogP contribution in [0.15, 0.2) is 24.4 Å². The maximum absolute atomic E-state index is 8.84. The summed E-state index contributed by atoms with van der Waals surface area (Å²) < 4.78 is 12.8. The van der Waals surface area contributed by atoms with Crippen LogP contribution in [0.25, 0.3) is 11.4 Å². The van der Waals surface area contributed by atoms with E-state index in [0.29, 0.717) is 18.9 Å². The number of hydrogen-bond donors (Lipinski definition) is 0. The molecule has 3 rings (SSSR count). The zero-order chi connectivity index (χ0) is 12.5. The molecule has 2 aromatic rings. The number of hydrogen-bond acceptors (Lipinski definition) is 4. The molecule has 5 nitrogen and oxygen atoms in total. The Balaban J connectivity index is 2.06. The highest BCUT2D eigenvalue weighted by atomic mass is 16.6. The Morgan fingerprint density at radius 2 is 2.06 bits per heavy atom. The molecule has 0 atom stereocenters. The van der Waals surface area contributed by atoms with Crippen molar-refractivity contribution in [1.29, 1.82) is 5.26 Å². The monoisotopic (exact) mass is 241 g/mol. The van der Waals surface area contributed by atoms with E-state index in [-0.39, 0.29) is 0 Å². The number of aryl methyl sites for hydroxylation is 1. The maximum atomic E-state index is 8.84. The molecule has 5 heteroatoms. The van der Waals surface area contributed by atoms with Crippen molar-refractivity contribution < 1.29 is 9.47 Å². The lowest BCUT2D eigenvalue weighted by atomic mass is 10.2. The van der Waals surface area contributed by atoms with E-state index >= 15 is 0 Å². The molecule has 0 radical (unpaired) electrons. The molecule has 0 N–H and O–H groups in total. The second-order valence-corrected chi connectivity index (χ2v) is 4.03. The average molecular weight is 241 g/mol. The molecule has 0 amide bonds. The Morgan fingerprint density at radius 1 is 1.28 bits per heavy atom. The second-order valence-electron chi connectivity index (χ2n) is 4.03. The Kier molecular flexibility index (Phi) is 2.41. The van der Waals surface area contributed by atoms with Gasteiger partial charge in [-0.1, -0.05) is 0 Å². The zero-order valence-electron chi connectivity index (χ0n) is 9.88. The van der Waals surface area contributed by atoms with E-state index < -0.39 is 0 Å². The minimum atomic E-state index is 0.405. The quantitative estimate of drug-likeness (QED) is 0.762. The van der Waals surface area contributed by atoms with Crippen LogP contribution in [0, 0.1) is 11.3 Å². The van der Waals surface area contributed by atoms with Crippen molar-refractivity contribution in [3.05, 3.63) is 30.1 Å². The molecule has 90 valence electrons. The minimum absolute atomic E-state index is 0.405. The largest absolute Gasteiger partial charge is 0.486 e. The lowest BCUT2D eigenvalue weighted by Gasteiger charge is -2.18. The van der Waals surface area contributed by atoms with Crippen molar-refractivity contribution in [3.63, 3.8) is 0 Å². The van der Waals surface area contributed by atoms with Gasteiger partial charge in [0.05, 0.1) is 0 Å². The van der Waals surface area contributed by atoms with Crippen LogP contribution in [0.5, 0.6) is 11.5 Å². The number of rotatable bonds is 1. The Hall–Kier alpha value is -2.48. The fourth-order valence-electron chi connectivity index (χ4n) is 1.97. The van der Waals surface area contributed by atoms with Gasteiger partial charge < -0.3 is 14.0 Å². The van der Waals surface area contributed by atoms with Crippen LogP contribution < -0.4 is 9.47 Å². The van der Waals surface area contributed by atoms with E-state index in [1.807, 2.05) is 35.9 Å². The summed E-state index contributed by atoms with van der Waals surface area (Å²) in [6.45, 7) is 1.13. The lowest BCUT2D eigenvalue weighted by molar-refractivity contribution is 0.171. The van der Waals surface area contributed by atoms with Crippen LogP contribution in [0.1, 0.15) is 5.69 Å². The zero-order valence-corrected chi connectivity index (χ0v) is 9.88. The molecular formula is C13H11N3O2. The van der Waals surface area contributed by atoms with E-state index in [1.165, 1.54) is 0 Å². The van der Waals surface area contributed by atoms with Gasteiger partial charge in [-0.3, -0.25) is 0 Å². The fourth-order valence-corrected chi connectivity index (χ4v) is 1.97. The number of aromatic nitrogens is 2. The maximum Gasteiger partial charge on any atom is 0.162 e. The van der Waals surface area contributed by atoms with E-state index in [9.17, 15) is 0 Å². The van der Waals surface area contributed by atoms with Crippen LogP contribution in [0.2, 0.25) is 0 Å². The topological polar surface area (TPSA) is 60.1 Å². The van der Waals surface area contributed by atoms with Crippen LogP contribution in [-0.4, -0.2) is 22.8 Å². The summed E-state index contributed by atoms with van der Waals surface area (Å²) in [5.41, 5.74) is 1.31. The van der Waals surface area contributed by atoms with Gasteiger partial charge in [0.1, 0.15) is 25.1 Å². The van der Waals surface area contributed by atoms with Gasteiger partial charge in [-0.2, -0.15) is 5.26 Å². The lowest BCUT2D eigenvalue weighted by Crippen LogP contribution is -2.15. The van der Waals surface area contributed by atoms with Crippen LogP contribution >= 0.6 is 0 Å². The van der Waals surface area contributed by atoms with Gasteiger partial charge in [0, 0.05) is 18.8 Å². The normalized spacial score (nSPS) is 13.1. The van der Waals surface area contributed by atoms with Gasteiger partial charge >= 0.3 is 0 Å². The van der Waals surface area contributed by atoms with Gasteiger partial charge in [-0.05, 0) is 18.2 Å². The molecule has 1 aromatic carbocycles. The van der Waals surface area contributed by atoms with E-state index in [2.05, 4.69) is 4.98 Å². The summed E-state index contributed by atoms with van der Waals surface area (Å²) in [6, 6.07) is 7.70. The first-order chi connectivity index (χ1) is 8.78. The molecule has 2 heterocycles. The predicted molar refractivity (Wildman–Crippen MR) is 64.3 cm³/mol. The highest BCUT2D eigenvalue weighted by Gasteiger charge is 2.14. The molecule has 0 aliphatic carbocycles. The number of nitrogens with zero attached hydrogens (tertiary/aromatic N) is 3. The Morgan fingerprint density at radius 3 is 2.78 bits per heavy atom. The van der Waals surface area contributed by atoms with E-state index in [0.717, 1.165) is 22.9 Å². The molecule has 1 aromatic heterocycles. The third kappa shape index (κ3) is 1.68. The third-order valence-electron chi connectivity index (χ3n) is 2.79. The predicted octanol–water partition coefficient (Wildman–Crippen LogP) is 1.73. The summed E-state index contributed by atoms with van der Waals surface area (Å²) >= 11 is 0. The van der Waals surface area contributed by atoms with Crippen molar-refractivity contribution in [3.8, 4) is 29.0 Å². The van der Waals surface area contributed by atoms with Crippen LogP contribution in [-0.2, 0) is 7.05 Å². The molecule has 0 saturated heterocycles. The summed E-state index contributed by atoms with van der Waals surface area (Å²) in [6.07, 6.45) is 1.70. The number of benzene rings is 1. The fraction of sp³-hybridized carbons (Fsp3) is 0.231. The number of nitriles is 1. The summed E-state index contributed by atoms with van der Waals surface area (Å²) in [4.78, 5) is 4.25. The molecule has 0 fully saturated rings. The van der Waals surface area contributed by atoms with Gasteiger partial charge in [-0.25, -0.2) is 4.98 Å². The highest BCUT2D eigenvalue weighted by molar-refractivity contribution is 5.62. The Bertz CT molecular complexity index is 640. The van der Waals surface area contributed by atoms with Gasteiger partial charge in [0.2, 0.25) is 0 Å². The van der Waals surface area contributed by atoms with Gasteiger partial charge in [-0.15, -0.1) is 0 Å². The van der Waals surface area contributed by atoms with Crippen molar-refractivity contribution in [2.24, 2.45) is 7.05 Å². The minimum Gasteiger partial charge on any atom is -0.486 e. The summed E-state index contributed by atoms with van der Waals surface area (Å²) in [7, 11) is 1.86. The summed E-state index contributed by atoms with van der Waals surface area (Å²) in [5, 5.41) is 8.84. The molecule has 18 heavy (non-hydrogen) atoms. The van der Waals surface area contributed by atoms with Gasteiger partial charge in [0.25, 0.3) is 0 Å². The SMILES string of the molecule is Cn1cc(C#N)nc1-c1ccc2c(c1)OCCO2. The van der Waals surface area contributed by atoms with Crippen molar-refractivity contribution in [1.82, 2.24) is 9.55 Å². The van der Waals surface area contributed by atoms with Crippen LogP contribution in [0.3, 0.4) is 0 Å². The molecule has 0 saturated carbocycles. The number of imidazole rings is 1. The first-order valence-corrected chi connectivity index (χ1v) is 5.61. The first-order valence-electron chi connectivity index (χ1n) is 5.61. The average Bonchev–Trinajstić information content (AvgIpc) is 2.79. The third-order valence-corrected chi connectivity index (χ3v) is 2.79. The molecule has 1 aliphatic rings. The first kappa shape index (κ1) is 10.7. The molecular weight excluding hydrogens is 230 g/mol. The van der Waals surface area contributed by atoms with Gasteiger partial charge in [0.15, 0.2) is 17.2 Å². The molecule has 0 unspecified atom stereocenters. The van der Waals surface area contributed by atoms with Crippen molar-refractivity contribution in [2.45, 2.75) is 0 Å². The number of ether oxygens (including phenoxy) is 2. The summed E-state index contributed by atoms with van der Waals surface area (Å²) in [5.74, 6) is 2.21. The standard InChI is InChI=1S/C13H11N3O2/c1-16-8-10(7-14)15-13(16)9-2-3-11-12(6-9)18-5-4-17-11/h2-3,6,8H,4-5H2,1H3. The smallest absolute Gasteiger partial charge is 0.162 e. The molecule has 1 aliphatic heterocycles. The Labute approximate surface area is 104 Å². The van der Waals surface area contributed by atoms with E-state index in [4.69, 9.17) is 14.7 Å². The second kappa shape index (κ2) is 4.08. The van der Waals surface area contributed by atoms with Crippen molar-refractivity contribution in [2.75, 3.05) is 13.2 Å². The van der Waals surface area contributed by atoms with Crippen molar-refractivity contribution >= 4 is 0 Å². The molecule has 0 bridgehead atoms. The number of fused-ring (bicyclic) bond motifs is 1. The van der Waals surface area contributed by atoms with E-state index in [1.54, 1.807) is 6.20 Å². The highest BCUT2D eigenvalue weighted by Crippen LogP contribution is 2.33. The van der Waals surface area contributed by atoms with Crippen LogP contribution in [0.4, 0.5) is 0 Å². The molecule has 0 spiro atoms.